The largest absolute Gasteiger partial charge is 0.373 e. The first-order valence-corrected chi connectivity index (χ1v) is 6.79. The maximum atomic E-state index is 13.8. The third-order valence-electron chi connectivity index (χ3n) is 2.80. The molecule has 0 saturated heterocycles. The summed E-state index contributed by atoms with van der Waals surface area (Å²) >= 11 is 2.94. The molecular weight excluding hydrogens is 330 g/mol. The molecule has 0 fully saturated rings. The van der Waals surface area contributed by atoms with Gasteiger partial charge in [-0.15, -0.1) is 0 Å². The van der Waals surface area contributed by atoms with E-state index in [2.05, 4.69) is 36.5 Å². The van der Waals surface area contributed by atoms with Crippen molar-refractivity contribution < 1.29 is 8.78 Å². The van der Waals surface area contributed by atoms with Gasteiger partial charge in [-0.2, -0.15) is 0 Å². The summed E-state index contributed by atoms with van der Waals surface area (Å²) in [6.45, 7) is 1.93. The lowest BCUT2D eigenvalue weighted by Gasteiger charge is -2.13. The average Bonchev–Trinajstić information content (AvgIpc) is 2.44. The van der Waals surface area contributed by atoms with E-state index in [1.54, 1.807) is 7.05 Å². The van der Waals surface area contributed by atoms with Crippen LogP contribution in [0, 0.1) is 11.6 Å². The summed E-state index contributed by atoms with van der Waals surface area (Å²) in [5.41, 5.74) is 0.832. The summed E-state index contributed by atoms with van der Waals surface area (Å²) in [6, 6.07) is 2.16. The quantitative estimate of drug-likeness (QED) is 0.828. The molecule has 0 saturated carbocycles. The van der Waals surface area contributed by atoms with Gasteiger partial charge in [-0.3, -0.25) is 0 Å². The molecule has 0 atom stereocenters. The fourth-order valence-electron chi connectivity index (χ4n) is 1.82. The van der Waals surface area contributed by atoms with E-state index in [4.69, 9.17) is 0 Å². The minimum atomic E-state index is -0.565. The molecule has 0 aliphatic rings. The summed E-state index contributed by atoms with van der Waals surface area (Å²) in [5, 5.41) is 5.75. The van der Waals surface area contributed by atoms with Gasteiger partial charge in [0.15, 0.2) is 0 Å². The Balaban J connectivity index is 2.42. The predicted octanol–water partition coefficient (Wildman–Crippen LogP) is 3.87. The zero-order valence-corrected chi connectivity index (χ0v) is 12.6. The molecule has 4 nitrogen and oxygen atoms in total. The van der Waals surface area contributed by atoms with Crippen LogP contribution in [0.5, 0.6) is 0 Å². The molecule has 0 aliphatic carbocycles. The summed E-state index contributed by atoms with van der Waals surface area (Å²) < 4.78 is 27.4. The first-order valence-electron chi connectivity index (χ1n) is 6.00. The van der Waals surface area contributed by atoms with Gasteiger partial charge >= 0.3 is 0 Å². The van der Waals surface area contributed by atoms with Gasteiger partial charge in [0.2, 0.25) is 0 Å². The van der Waals surface area contributed by atoms with Crippen LogP contribution < -0.4 is 10.6 Å². The molecule has 0 bridgehead atoms. The Bertz CT molecular complexity index is 634. The molecule has 0 aliphatic heterocycles. The Labute approximate surface area is 123 Å². The fourth-order valence-corrected chi connectivity index (χ4v) is 2.13. The maximum absolute atomic E-state index is 13.8. The zero-order chi connectivity index (χ0) is 14.7. The van der Waals surface area contributed by atoms with E-state index in [0.717, 1.165) is 17.7 Å². The molecule has 106 valence electrons. The Morgan fingerprint density at radius 1 is 1.15 bits per heavy atom. The topological polar surface area (TPSA) is 49.8 Å². The molecule has 2 N–H and O–H groups in total. The number of nitrogens with zero attached hydrogens (tertiary/aromatic N) is 2. The number of benzene rings is 1. The zero-order valence-electron chi connectivity index (χ0n) is 11.0. The average molecular weight is 343 g/mol. The molecule has 20 heavy (non-hydrogen) atoms. The summed E-state index contributed by atoms with van der Waals surface area (Å²) in [4.78, 5) is 8.17. The second-order valence-corrected chi connectivity index (χ2v) is 4.88. The van der Waals surface area contributed by atoms with Gasteiger partial charge in [-0.25, -0.2) is 18.7 Å². The van der Waals surface area contributed by atoms with E-state index in [1.807, 2.05) is 6.92 Å². The monoisotopic (exact) mass is 342 g/mol. The first-order chi connectivity index (χ1) is 9.56. The molecule has 0 spiro atoms. The van der Waals surface area contributed by atoms with Crippen LogP contribution in [0.4, 0.5) is 26.1 Å². The standard InChI is InChI=1S/C13H13BrF2N4/c1-3-7-12(17-2)18-6-19-13(7)20-11-5-9(15)8(14)4-10(11)16/h4-6H,3H2,1-2H3,(H2,17,18,19,20). The van der Waals surface area contributed by atoms with Crippen LogP contribution in [0.2, 0.25) is 0 Å². The lowest BCUT2D eigenvalue weighted by Crippen LogP contribution is -2.06. The molecule has 1 aromatic carbocycles. The van der Waals surface area contributed by atoms with Crippen LogP contribution >= 0.6 is 15.9 Å². The smallest absolute Gasteiger partial charge is 0.148 e. The van der Waals surface area contributed by atoms with Crippen molar-refractivity contribution in [2.75, 3.05) is 17.7 Å². The minimum Gasteiger partial charge on any atom is -0.373 e. The highest BCUT2D eigenvalue weighted by molar-refractivity contribution is 9.10. The van der Waals surface area contributed by atoms with Crippen molar-refractivity contribution in [3.05, 3.63) is 40.1 Å². The SMILES string of the molecule is CCc1c(NC)ncnc1Nc1cc(F)c(Br)cc1F. The lowest BCUT2D eigenvalue weighted by atomic mass is 10.2. The molecule has 0 radical (unpaired) electrons. The van der Waals surface area contributed by atoms with Crippen molar-refractivity contribution in [1.82, 2.24) is 9.97 Å². The molecule has 1 heterocycles. The third-order valence-corrected chi connectivity index (χ3v) is 3.41. The number of hydrogen-bond donors (Lipinski definition) is 2. The highest BCUT2D eigenvalue weighted by Gasteiger charge is 2.13. The number of rotatable bonds is 4. The fraction of sp³-hybridized carbons (Fsp3) is 0.231. The van der Waals surface area contributed by atoms with E-state index in [-0.39, 0.29) is 10.2 Å². The van der Waals surface area contributed by atoms with Crippen molar-refractivity contribution in [3.8, 4) is 0 Å². The number of hydrogen-bond acceptors (Lipinski definition) is 4. The second-order valence-electron chi connectivity index (χ2n) is 4.02. The summed E-state index contributed by atoms with van der Waals surface area (Å²) in [5.74, 6) is -0.00439. The van der Waals surface area contributed by atoms with E-state index in [1.165, 1.54) is 6.33 Å². The molecule has 7 heteroatoms. The van der Waals surface area contributed by atoms with Crippen molar-refractivity contribution in [3.63, 3.8) is 0 Å². The molecule has 2 aromatic rings. The maximum Gasteiger partial charge on any atom is 0.148 e. The van der Waals surface area contributed by atoms with Crippen LogP contribution in [0.25, 0.3) is 0 Å². The highest BCUT2D eigenvalue weighted by Crippen LogP contribution is 2.28. The van der Waals surface area contributed by atoms with Crippen LogP contribution in [-0.2, 0) is 6.42 Å². The van der Waals surface area contributed by atoms with Crippen LogP contribution in [-0.4, -0.2) is 17.0 Å². The molecule has 0 unspecified atom stereocenters. The van der Waals surface area contributed by atoms with Gasteiger partial charge in [-0.1, -0.05) is 6.92 Å². The molecule has 0 amide bonds. The van der Waals surface area contributed by atoms with E-state index < -0.39 is 11.6 Å². The van der Waals surface area contributed by atoms with E-state index >= 15 is 0 Å². The van der Waals surface area contributed by atoms with Gasteiger partial charge in [-0.05, 0) is 28.4 Å². The first kappa shape index (κ1) is 14.6. The van der Waals surface area contributed by atoms with Crippen molar-refractivity contribution >= 4 is 33.3 Å². The van der Waals surface area contributed by atoms with Crippen molar-refractivity contribution in [1.29, 1.82) is 0 Å². The summed E-state index contributed by atoms with van der Waals surface area (Å²) in [7, 11) is 1.74. The number of aromatic nitrogens is 2. The molecular formula is C13H13BrF2N4. The van der Waals surface area contributed by atoms with Gasteiger partial charge < -0.3 is 10.6 Å². The minimum absolute atomic E-state index is 0.0288. The number of anilines is 3. The second kappa shape index (κ2) is 6.13. The lowest BCUT2D eigenvalue weighted by molar-refractivity contribution is 0.597. The third kappa shape index (κ3) is 2.87. The van der Waals surface area contributed by atoms with Crippen LogP contribution in [0.3, 0.4) is 0 Å². The predicted molar refractivity (Wildman–Crippen MR) is 78.3 cm³/mol. The van der Waals surface area contributed by atoms with Gasteiger partial charge in [0, 0.05) is 18.7 Å². The van der Waals surface area contributed by atoms with Gasteiger partial charge in [0.25, 0.3) is 0 Å². The Kier molecular flexibility index (Phi) is 4.49. The van der Waals surface area contributed by atoms with Crippen molar-refractivity contribution in [2.45, 2.75) is 13.3 Å². The van der Waals surface area contributed by atoms with E-state index in [9.17, 15) is 8.78 Å². The number of nitrogens with one attached hydrogen (secondary N) is 2. The van der Waals surface area contributed by atoms with Crippen LogP contribution in [0.15, 0.2) is 22.9 Å². The normalized spacial score (nSPS) is 10.4. The van der Waals surface area contributed by atoms with E-state index in [0.29, 0.717) is 18.1 Å². The van der Waals surface area contributed by atoms with Crippen LogP contribution in [0.1, 0.15) is 12.5 Å². The van der Waals surface area contributed by atoms with Crippen molar-refractivity contribution in [2.24, 2.45) is 0 Å². The molecule has 1 aromatic heterocycles. The Hall–Kier alpha value is -1.76. The molecule has 2 rings (SSSR count). The number of halogens is 3. The Morgan fingerprint density at radius 3 is 2.50 bits per heavy atom. The van der Waals surface area contributed by atoms with Gasteiger partial charge in [0.1, 0.15) is 29.6 Å². The van der Waals surface area contributed by atoms with Gasteiger partial charge in [0.05, 0.1) is 10.2 Å². The Morgan fingerprint density at radius 2 is 1.85 bits per heavy atom. The highest BCUT2D eigenvalue weighted by atomic mass is 79.9. The summed E-state index contributed by atoms with van der Waals surface area (Å²) in [6.07, 6.45) is 2.01.